The Kier molecular flexibility index (Phi) is 4.91. The summed E-state index contributed by atoms with van der Waals surface area (Å²) in [7, 11) is 1.70. The molecule has 4 heteroatoms. The minimum absolute atomic E-state index is 0. The molecule has 0 aliphatic heterocycles. The predicted molar refractivity (Wildman–Crippen MR) is 52.4 cm³/mol. The monoisotopic (exact) mass is 283 g/mol. The first-order valence-electron chi connectivity index (χ1n) is 4.52. The van der Waals surface area contributed by atoms with E-state index < -0.39 is 0 Å². The number of aromatic hydroxyl groups is 1. The standard InChI is InChI=1S/C10H14NO2.Ru/c1-7-5-10(13-6-11-3)8(2)4-9(7)12;/h4-5,12H,6H2,1-3H3;/q-1;+1/i/hD. The number of phenols is 1. The Labute approximate surface area is 98.7 Å². The van der Waals surface area contributed by atoms with Gasteiger partial charge in [0.05, 0.1) is 0 Å². The SMILES string of the molecule is [2H]Oc1cc(C)c(OC[N-]C)cc1C.[Ru+]. The van der Waals surface area contributed by atoms with Crippen LogP contribution < -0.4 is 4.74 Å². The largest absolute Gasteiger partial charge is 1.00 e. The third kappa shape index (κ3) is 3.28. The molecule has 0 fully saturated rings. The van der Waals surface area contributed by atoms with E-state index in [0.29, 0.717) is 12.5 Å². The molecule has 0 aromatic heterocycles. The second kappa shape index (κ2) is 5.99. The van der Waals surface area contributed by atoms with Gasteiger partial charge in [-0.1, -0.05) is 0 Å². The predicted octanol–water partition coefficient (Wildman–Crippen LogP) is 2.35. The van der Waals surface area contributed by atoms with Gasteiger partial charge in [0, 0.05) is 6.73 Å². The van der Waals surface area contributed by atoms with Crippen molar-refractivity contribution in [2.24, 2.45) is 0 Å². The number of benzene rings is 1. The van der Waals surface area contributed by atoms with Crippen molar-refractivity contribution in [3.8, 4) is 11.5 Å². The summed E-state index contributed by atoms with van der Waals surface area (Å²) in [4.78, 5) is 0. The van der Waals surface area contributed by atoms with Crippen LogP contribution in [-0.2, 0) is 19.5 Å². The van der Waals surface area contributed by atoms with Crippen molar-refractivity contribution < 1.29 is 29.3 Å². The van der Waals surface area contributed by atoms with Crippen molar-refractivity contribution >= 4 is 0 Å². The number of aryl methyl sites for hydroxylation is 2. The zero-order valence-corrected chi connectivity index (χ0v) is 10.2. The summed E-state index contributed by atoms with van der Waals surface area (Å²) in [5, 5.41) is 8.31. The van der Waals surface area contributed by atoms with Gasteiger partial charge in [0.1, 0.15) is 11.5 Å². The summed E-state index contributed by atoms with van der Waals surface area (Å²) >= 11 is 0. The molecule has 0 unspecified atom stereocenters. The first kappa shape index (κ1) is 11.5. The molecule has 0 saturated heterocycles. The van der Waals surface area contributed by atoms with Crippen molar-refractivity contribution in [2.45, 2.75) is 13.8 Å². The van der Waals surface area contributed by atoms with Crippen LogP contribution in [0.2, 0.25) is 0 Å². The Bertz CT molecular complexity index is 321. The molecule has 1 rings (SSSR count). The summed E-state index contributed by atoms with van der Waals surface area (Å²) in [5.41, 5.74) is 1.83. The van der Waals surface area contributed by atoms with Gasteiger partial charge < -0.3 is 15.2 Å². The van der Waals surface area contributed by atoms with E-state index in [1.54, 1.807) is 13.1 Å². The van der Waals surface area contributed by atoms with Crippen LogP contribution >= 0.6 is 0 Å². The van der Waals surface area contributed by atoms with E-state index in [0.717, 1.165) is 16.9 Å². The number of nitrogens with zero attached hydrogens (tertiary/aromatic N) is 1. The fourth-order valence-corrected chi connectivity index (χ4v) is 1.05. The summed E-state index contributed by atoms with van der Waals surface area (Å²) in [6, 6.07) is 3.64. The van der Waals surface area contributed by atoms with Crippen molar-refractivity contribution in [3.63, 3.8) is 0 Å². The third-order valence-corrected chi connectivity index (χ3v) is 1.82. The Morgan fingerprint density at radius 3 is 2.71 bits per heavy atom. The zero-order chi connectivity index (χ0) is 10.6. The molecule has 0 saturated carbocycles. The van der Waals surface area contributed by atoms with E-state index in [1.165, 1.54) is 0 Å². The average Bonchev–Trinajstić information content (AvgIpc) is 2.18. The Balaban J connectivity index is 0.00000196. The van der Waals surface area contributed by atoms with Gasteiger partial charge in [-0.2, -0.15) is 7.05 Å². The molecule has 3 nitrogen and oxygen atoms in total. The summed E-state index contributed by atoms with van der Waals surface area (Å²) in [6.45, 7) is 4.13. The molecule has 1 radical (unpaired) electrons. The van der Waals surface area contributed by atoms with E-state index in [-0.39, 0.29) is 19.5 Å². The van der Waals surface area contributed by atoms with E-state index in [4.69, 9.17) is 6.17 Å². The van der Waals surface area contributed by atoms with E-state index in [2.05, 4.69) is 10.4 Å². The topological polar surface area (TPSA) is 43.6 Å². The quantitative estimate of drug-likeness (QED) is 0.861. The van der Waals surface area contributed by atoms with Crippen LogP contribution in [0.4, 0.5) is 0 Å². The van der Waals surface area contributed by atoms with Crippen LogP contribution in [0.25, 0.3) is 5.32 Å². The van der Waals surface area contributed by atoms with Crippen molar-refractivity contribution in [3.05, 3.63) is 28.6 Å². The molecule has 0 aliphatic rings. The molecule has 0 spiro atoms. The smallest absolute Gasteiger partial charge is 0.632 e. The maximum Gasteiger partial charge on any atom is 1.00 e. The average molecular weight is 282 g/mol. The normalized spacial score (nSPS) is 10.1. The van der Waals surface area contributed by atoms with Crippen LogP contribution in [-0.4, -0.2) is 20.3 Å². The van der Waals surface area contributed by atoms with Gasteiger partial charge in [0.15, 0.2) is 0 Å². The molecule has 79 valence electrons. The fourth-order valence-electron chi connectivity index (χ4n) is 1.05. The number of hydrogen-bond acceptors (Lipinski definition) is 2. The zero-order valence-electron chi connectivity index (χ0n) is 9.48. The number of rotatable bonds is 4. The fraction of sp³-hybridized carbons (Fsp3) is 0.400. The minimum Gasteiger partial charge on any atom is -0.632 e. The number of ether oxygens (including phenoxy) is 1. The Morgan fingerprint density at radius 1 is 1.43 bits per heavy atom. The van der Waals surface area contributed by atoms with Gasteiger partial charge in [-0.3, -0.25) is 0 Å². The molecular formula is C10H14NO2Ru. The van der Waals surface area contributed by atoms with Gasteiger partial charge in [-0.15, -0.1) is 0 Å². The molecule has 0 heterocycles. The second-order valence-corrected chi connectivity index (χ2v) is 2.97. The van der Waals surface area contributed by atoms with Crippen LogP contribution in [0.1, 0.15) is 11.1 Å². The van der Waals surface area contributed by atoms with E-state index >= 15 is 0 Å². The molecular weight excluding hydrogens is 267 g/mol. The van der Waals surface area contributed by atoms with Crippen molar-refractivity contribution in [1.82, 2.24) is 0 Å². The third-order valence-electron chi connectivity index (χ3n) is 1.82. The molecule has 0 bridgehead atoms. The van der Waals surface area contributed by atoms with Gasteiger partial charge in [-0.05, 0) is 37.1 Å². The molecule has 0 atom stereocenters. The molecule has 0 amide bonds. The van der Waals surface area contributed by atoms with E-state index in [1.807, 2.05) is 19.9 Å². The first-order chi connectivity index (χ1) is 6.69. The minimum atomic E-state index is 0. The summed E-state index contributed by atoms with van der Waals surface area (Å²) in [5.74, 6) is 1.34. The van der Waals surface area contributed by atoms with Crippen LogP contribution in [0, 0.1) is 13.8 Å². The van der Waals surface area contributed by atoms with Crippen LogP contribution in [0.5, 0.6) is 11.5 Å². The van der Waals surface area contributed by atoms with Crippen LogP contribution in [0.3, 0.4) is 0 Å². The summed E-state index contributed by atoms with van der Waals surface area (Å²) in [6.07, 6.45) is 0. The van der Waals surface area contributed by atoms with Crippen molar-refractivity contribution in [1.29, 1.82) is 1.43 Å². The molecule has 1 N–H and O–H groups in total. The maximum absolute atomic E-state index is 6.83. The Morgan fingerprint density at radius 2 is 2.14 bits per heavy atom. The molecule has 1 aromatic rings. The molecule has 1 aromatic carbocycles. The van der Waals surface area contributed by atoms with E-state index in [9.17, 15) is 0 Å². The van der Waals surface area contributed by atoms with Gasteiger partial charge in [-0.25, -0.2) is 0 Å². The molecule has 0 aliphatic carbocycles. The van der Waals surface area contributed by atoms with Gasteiger partial charge in [0.2, 0.25) is 0 Å². The summed E-state index contributed by atoms with van der Waals surface area (Å²) < 4.78 is 12.2. The van der Waals surface area contributed by atoms with Crippen LogP contribution in [0.15, 0.2) is 12.1 Å². The number of phenolic OH excluding ortho intramolecular Hbond substituents is 1. The first-order valence-corrected chi connectivity index (χ1v) is 4.12. The molecule has 14 heavy (non-hydrogen) atoms. The maximum atomic E-state index is 6.83. The Hall–Kier alpha value is -0.597. The number of hydrogen-bond donors (Lipinski definition) is 1. The van der Waals surface area contributed by atoms with Crippen molar-refractivity contribution in [2.75, 3.05) is 13.8 Å². The van der Waals surface area contributed by atoms with Gasteiger partial charge >= 0.3 is 19.5 Å². The van der Waals surface area contributed by atoms with Gasteiger partial charge in [0.25, 0.3) is 1.43 Å². The second-order valence-electron chi connectivity index (χ2n) is 2.97.